The van der Waals surface area contributed by atoms with E-state index in [2.05, 4.69) is 15.7 Å². The molecule has 0 spiro atoms. The van der Waals surface area contributed by atoms with E-state index in [0.717, 1.165) is 0 Å². The van der Waals surface area contributed by atoms with Gasteiger partial charge in [-0.05, 0) is 30.2 Å². The number of rotatable bonds is 7. The van der Waals surface area contributed by atoms with Crippen molar-refractivity contribution >= 4 is 22.7 Å². The van der Waals surface area contributed by atoms with E-state index in [1.54, 1.807) is 26.8 Å². The number of fused-ring (bicyclic) bond motifs is 1. The topological polar surface area (TPSA) is 96.2 Å². The molecule has 2 aromatic rings. The number of carbonyl (C=O) groups is 2. The molecule has 1 aliphatic carbocycles. The second kappa shape index (κ2) is 9.70. The third-order valence-electron chi connectivity index (χ3n) is 6.02. The first kappa shape index (κ1) is 25.0. The van der Waals surface area contributed by atoms with Crippen LogP contribution in [0.1, 0.15) is 56.9 Å². The van der Waals surface area contributed by atoms with Crippen molar-refractivity contribution in [1.82, 2.24) is 20.4 Å². The van der Waals surface area contributed by atoms with Crippen molar-refractivity contribution in [3.05, 3.63) is 29.7 Å². The Morgan fingerprint density at radius 3 is 2.55 bits per heavy atom. The normalized spacial score (nSPS) is 17.7. The number of benzene rings is 1. The molecule has 3 N–H and O–H groups in total. The van der Waals surface area contributed by atoms with Gasteiger partial charge in [-0.1, -0.05) is 32.9 Å². The van der Waals surface area contributed by atoms with E-state index in [9.17, 15) is 22.8 Å². The molecule has 182 valence electrons. The Morgan fingerprint density at radius 2 is 1.94 bits per heavy atom. The molecule has 1 aromatic heterocycles. The van der Waals surface area contributed by atoms with Gasteiger partial charge in [-0.25, -0.2) is 13.2 Å². The van der Waals surface area contributed by atoms with Gasteiger partial charge in [-0.3, -0.25) is 14.3 Å². The molecule has 1 aromatic carbocycles. The molecule has 7 nitrogen and oxygen atoms in total. The lowest BCUT2D eigenvalue weighted by Gasteiger charge is -2.30. The van der Waals surface area contributed by atoms with E-state index in [0.29, 0.717) is 12.8 Å². The maximum Gasteiger partial charge on any atom is 0.273 e. The average molecular weight is 469 g/mol. The Morgan fingerprint density at radius 1 is 1.27 bits per heavy atom. The van der Waals surface area contributed by atoms with Gasteiger partial charge in [-0.15, -0.1) is 0 Å². The summed E-state index contributed by atoms with van der Waals surface area (Å²) in [6.45, 7) is 5.38. The fraction of sp³-hybridized carbons (Fsp3) is 0.609. The van der Waals surface area contributed by atoms with Crippen LogP contribution in [0.4, 0.5) is 13.2 Å². The number of hydrogen-bond donors (Lipinski definition) is 3. The summed E-state index contributed by atoms with van der Waals surface area (Å²) in [5.74, 6) is -4.43. The quantitative estimate of drug-likeness (QED) is 0.581. The number of alkyl halides is 2. The minimum absolute atomic E-state index is 0.0325. The number of nitrogens with zero attached hydrogens (tertiary/aromatic N) is 2. The Kier molecular flexibility index (Phi) is 7.36. The zero-order chi connectivity index (χ0) is 24.4. The summed E-state index contributed by atoms with van der Waals surface area (Å²) in [5.41, 5.74) is -0.543. The van der Waals surface area contributed by atoms with Crippen LogP contribution in [-0.4, -0.2) is 51.8 Å². The van der Waals surface area contributed by atoms with E-state index < -0.39 is 35.0 Å². The second-order valence-electron chi connectivity index (χ2n) is 9.75. The van der Waals surface area contributed by atoms with Gasteiger partial charge < -0.3 is 15.7 Å². The van der Waals surface area contributed by atoms with E-state index in [1.807, 2.05) is 0 Å². The molecule has 2 amide bonds. The Hall–Kier alpha value is -2.62. The summed E-state index contributed by atoms with van der Waals surface area (Å²) >= 11 is 0. The molecule has 1 atom stereocenters. The fourth-order valence-electron chi connectivity index (χ4n) is 4.18. The molecule has 1 heterocycles. The van der Waals surface area contributed by atoms with Crippen molar-refractivity contribution in [2.75, 3.05) is 13.2 Å². The molecule has 1 saturated carbocycles. The highest BCUT2D eigenvalue weighted by atomic mass is 19.3. The smallest absolute Gasteiger partial charge is 0.273 e. The Balaban J connectivity index is 1.89. The number of aromatic nitrogens is 2. The highest BCUT2D eigenvalue weighted by molar-refractivity contribution is 6.06. The molecule has 3 rings (SSSR count). The maximum absolute atomic E-state index is 14.7. The molecule has 33 heavy (non-hydrogen) atoms. The molecule has 10 heteroatoms. The van der Waals surface area contributed by atoms with Gasteiger partial charge in [0.25, 0.3) is 5.91 Å². The van der Waals surface area contributed by atoms with Gasteiger partial charge in [0.2, 0.25) is 11.8 Å². The van der Waals surface area contributed by atoms with E-state index in [4.69, 9.17) is 5.11 Å². The number of para-hydroxylation sites is 1. The SMILES string of the molecule is CC(C)(C)[C@H](NC(=O)c1nn(CC2CCC(F)(F)CC2)c2c(F)cccc12)C(=O)NCCO. The maximum atomic E-state index is 14.7. The van der Waals surface area contributed by atoms with E-state index in [-0.39, 0.29) is 55.1 Å². The predicted octanol–water partition coefficient (Wildman–Crippen LogP) is 3.25. The van der Waals surface area contributed by atoms with Crippen molar-refractivity contribution in [2.45, 2.75) is 65.0 Å². The highest BCUT2D eigenvalue weighted by Crippen LogP contribution is 2.37. The third kappa shape index (κ3) is 5.85. The number of aliphatic hydroxyl groups is 1. The van der Waals surface area contributed by atoms with Crippen LogP contribution < -0.4 is 10.6 Å². The first-order valence-corrected chi connectivity index (χ1v) is 11.2. The van der Waals surface area contributed by atoms with Crippen molar-refractivity contribution in [3.63, 3.8) is 0 Å². The molecule has 1 aliphatic rings. The summed E-state index contributed by atoms with van der Waals surface area (Å²) in [5, 5.41) is 18.9. The number of aliphatic hydroxyl groups excluding tert-OH is 1. The summed E-state index contributed by atoms with van der Waals surface area (Å²) in [6, 6.07) is 3.38. The van der Waals surface area contributed by atoms with E-state index >= 15 is 0 Å². The molecule has 1 fully saturated rings. The summed E-state index contributed by atoms with van der Waals surface area (Å²) in [4.78, 5) is 25.7. The van der Waals surface area contributed by atoms with Crippen LogP contribution in [0.25, 0.3) is 10.9 Å². The van der Waals surface area contributed by atoms with Gasteiger partial charge >= 0.3 is 0 Å². The standard InChI is InChI=1S/C23H31F3N4O3/c1-22(2,3)19(21(33)27-11-12-31)28-20(32)17-15-5-4-6-16(24)18(15)30(29-17)13-14-7-9-23(25,26)10-8-14/h4-6,14,19,31H,7-13H2,1-3H3,(H,27,33)(H,28,32)/t19-/m1/s1. The molecule has 0 unspecified atom stereocenters. The number of nitrogens with one attached hydrogen (secondary N) is 2. The third-order valence-corrected chi connectivity index (χ3v) is 6.02. The summed E-state index contributed by atoms with van der Waals surface area (Å²) in [6.07, 6.45) is 0.148. The second-order valence-corrected chi connectivity index (χ2v) is 9.75. The summed E-state index contributed by atoms with van der Waals surface area (Å²) < 4.78 is 43.1. The summed E-state index contributed by atoms with van der Waals surface area (Å²) in [7, 11) is 0. The van der Waals surface area contributed by atoms with Gasteiger partial charge in [0.15, 0.2) is 5.69 Å². The van der Waals surface area contributed by atoms with Crippen LogP contribution >= 0.6 is 0 Å². The fourth-order valence-corrected chi connectivity index (χ4v) is 4.18. The molecule has 0 bridgehead atoms. The van der Waals surface area contributed by atoms with Gasteiger partial charge in [0, 0.05) is 31.3 Å². The van der Waals surface area contributed by atoms with Crippen LogP contribution in [-0.2, 0) is 11.3 Å². The number of amides is 2. The van der Waals surface area contributed by atoms with Gasteiger partial charge in [0.05, 0.1) is 6.61 Å². The minimum atomic E-state index is -2.67. The van der Waals surface area contributed by atoms with Crippen molar-refractivity contribution in [3.8, 4) is 0 Å². The average Bonchev–Trinajstić information content (AvgIpc) is 3.10. The number of carbonyl (C=O) groups excluding carboxylic acids is 2. The zero-order valence-electron chi connectivity index (χ0n) is 19.1. The van der Waals surface area contributed by atoms with Crippen LogP contribution in [0.5, 0.6) is 0 Å². The van der Waals surface area contributed by atoms with Crippen molar-refractivity contribution in [1.29, 1.82) is 0 Å². The lowest BCUT2D eigenvalue weighted by Crippen LogP contribution is -2.54. The van der Waals surface area contributed by atoms with E-state index in [1.165, 1.54) is 16.8 Å². The molecule has 0 saturated heterocycles. The highest BCUT2D eigenvalue weighted by Gasteiger charge is 2.36. The molecular formula is C23H31F3N4O3. The van der Waals surface area contributed by atoms with Crippen LogP contribution in [0.15, 0.2) is 18.2 Å². The first-order valence-electron chi connectivity index (χ1n) is 11.2. The number of halogens is 3. The monoisotopic (exact) mass is 468 g/mol. The van der Waals surface area contributed by atoms with Crippen LogP contribution in [0, 0.1) is 17.2 Å². The molecular weight excluding hydrogens is 437 g/mol. The van der Waals surface area contributed by atoms with Crippen molar-refractivity contribution < 1.29 is 27.9 Å². The lowest BCUT2D eigenvalue weighted by molar-refractivity contribution is -0.125. The van der Waals surface area contributed by atoms with Crippen molar-refractivity contribution in [2.24, 2.45) is 11.3 Å². The van der Waals surface area contributed by atoms with Gasteiger partial charge in [0.1, 0.15) is 17.4 Å². The Labute approximate surface area is 190 Å². The van der Waals surface area contributed by atoms with Crippen LogP contribution in [0.3, 0.4) is 0 Å². The molecule has 0 radical (unpaired) electrons. The first-order chi connectivity index (χ1) is 15.4. The largest absolute Gasteiger partial charge is 0.395 e. The predicted molar refractivity (Wildman–Crippen MR) is 117 cm³/mol. The lowest BCUT2D eigenvalue weighted by atomic mass is 9.86. The van der Waals surface area contributed by atoms with Gasteiger partial charge in [-0.2, -0.15) is 5.10 Å². The zero-order valence-corrected chi connectivity index (χ0v) is 19.1. The number of hydrogen-bond acceptors (Lipinski definition) is 4. The van der Waals surface area contributed by atoms with Crippen LogP contribution in [0.2, 0.25) is 0 Å². The Bertz CT molecular complexity index is 1010. The molecule has 0 aliphatic heterocycles. The minimum Gasteiger partial charge on any atom is -0.395 e.